The average Bonchev–Trinajstić information content (AvgIpc) is 2.73. The highest BCUT2D eigenvalue weighted by Gasteiger charge is 2.15. The van der Waals surface area contributed by atoms with E-state index in [0.717, 1.165) is 28.7 Å². The Morgan fingerprint density at radius 3 is 2.22 bits per heavy atom. The van der Waals surface area contributed by atoms with Crippen LogP contribution in [0, 0.1) is 0 Å². The molecule has 0 saturated heterocycles. The lowest BCUT2D eigenvalue weighted by Gasteiger charge is -2.18. The topological polar surface area (TPSA) is 9.23 Å². The third kappa shape index (κ3) is 4.81. The van der Waals surface area contributed by atoms with Crippen molar-refractivity contribution in [1.82, 2.24) is 0 Å². The molecule has 0 aliphatic carbocycles. The zero-order valence-electron chi connectivity index (χ0n) is 15.2. The van der Waals surface area contributed by atoms with Crippen LogP contribution in [0.25, 0.3) is 6.08 Å². The predicted molar refractivity (Wildman–Crippen MR) is 118 cm³/mol. The second-order valence-electron chi connectivity index (χ2n) is 6.25. The minimum absolute atomic E-state index is 0.265. The maximum absolute atomic E-state index is 6.09. The summed E-state index contributed by atoms with van der Waals surface area (Å²) in [4.78, 5) is 0. The van der Waals surface area contributed by atoms with E-state index in [-0.39, 0.29) is 6.10 Å². The SMILES string of the molecule is C=Cc1ccc(Cc2ccccc2C(=S)OC(C=C)c2ccccc2)cc1. The highest BCUT2D eigenvalue weighted by atomic mass is 32.1. The van der Waals surface area contributed by atoms with Gasteiger partial charge in [-0.15, -0.1) is 0 Å². The average molecular weight is 371 g/mol. The van der Waals surface area contributed by atoms with Crippen molar-refractivity contribution in [2.24, 2.45) is 0 Å². The first-order valence-electron chi connectivity index (χ1n) is 8.89. The molecule has 3 aromatic carbocycles. The Morgan fingerprint density at radius 2 is 1.56 bits per heavy atom. The standard InChI is InChI=1S/C25H22OS/c1-3-19-14-16-20(17-15-19)18-22-12-8-9-13-23(22)25(27)26-24(4-2)21-10-6-5-7-11-21/h3-17,24H,1-2,18H2. The van der Waals surface area contributed by atoms with E-state index >= 15 is 0 Å². The van der Waals surface area contributed by atoms with E-state index in [4.69, 9.17) is 17.0 Å². The molecule has 0 radical (unpaired) electrons. The molecule has 1 nitrogen and oxygen atoms in total. The Kier molecular flexibility index (Phi) is 6.35. The molecule has 0 aliphatic rings. The van der Waals surface area contributed by atoms with E-state index in [0.29, 0.717) is 5.05 Å². The van der Waals surface area contributed by atoms with Gasteiger partial charge in [0.05, 0.1) is 0 Å². The lowest BCUT2D eigenvalue weighted by Crippen LogP contribution is -2.11. The maximum atomic E-state index is 6.09. The van der Waals surface area contributed by atoms with Gasteiger partial charge in [0.25, 0.3) is 0 Å². The van der Waals surface area contributed by atoms with Gasteiger partial charge in [0.15, 0.2) is 5.05 Å². The minimum atomic E-state index is -0.265. The zero-order valence-corrected chi connectivity index (χ0v) is 16.0. The first-order valence-corrected chi connectivity index (χ1v) is 9.30. The Hall–Kier alpha value is -2.97. The number of hydrogen-bond acceptors (Lipinski definition) is 2. The first-order chi connectivity index (χ1) is 13.2. The Labute approximate surface area is 166 Å². The molecule has 0 fully saturated rings. The quantitative estimate of drug-likeness (QED) is 0.345. The molecule has 0 saturated carbocycles. The Morgan fingerprint density at radius 1 is 0.889 bits per heavy atom. The molecule has 0 aliphatic heterocycles. The maximum Gasteiger partial charge on any atom is 0.192 e. The van der Waals surface area contributed by atoms with Gasteiger partial charge in [0.1, 0.15) is 6.10 Å². The number of rotatable bonds is 7. The molecule has 27 heavy (non-hydrogen) atoms. The molecule has 0 heterocycles. The fourth-order valence-electron chi connectivity index (χ4n) is 2.94. The molecule has 134 valence electrons. The summed E-state index contributed by atoms with van der Waals surface area (Å²) in [5.41, 5.74) is 5.46. The fraction of sp³-hybridized carbons (Fsp3) is 0.0800. The number of hydrogen-bond donors (Lipinski definition) is 0. The molecule has 0 spiro atoms. The second-order valence-corrected chi connectivity index (χ2v) is 6.62. The van der Waals surface area contributed by atoms with Crippen molar-refractivity contribution in [3.05, 3.63) is 126 Å². The highest BCUT2D eigenvalue weighted by Crippen LogP contribution is 2.23. The van der Waals surface area contributed by atoms with Crippen molar-refractivity contribution in [2.45, 2.75) is 12.5 Å². The number of thiocarbonyl (C=S) groups is 1. The smallest absolute Gasteiger partial charge is 0.192 e. The molecule has 1 atom stereocenters. The summed E-state index contributed by atoms with van der Waals surface area (Å²) in [6, 6.07) is 26.5. The first kappa shape index (κ1) is 18.8. The summed E-state index contributed by atoms with van der Waals surface area (Å²) in [5.74, 6) is 0. The van der Waals surface area contributed by atoms with Crippen molar-refractivity contribution in [3.8, 4) is 0 Å². The van der Waals surface area contributed by atoms with E-state index < -0.39 is 0 Å². The van der Waals surface area contributed by atoms with Gasteiger partial charge in [-0.1, -0.05) is 98.1 Å². The van der Waals surface area contributed by atoms with E-state index in [1.54, 1.807) is 6.08 Å². The van der Waals surface area contributed by atoms with Crippen LogP contribution in [0.3, 0.4) is 0 Å². The van der Waals surface area contributed by atoms with Crippen molar-refractivity contribution in [3.63, 3.8) is 0 Å². The van der Waals surface area contributed by atoms with Gasteiger partial charge in [0.2, 0.25) is 0 Å². The molecular formula is C25H22OS. The number of ether oxygens (including phenoxy) is 1. The van der Waals surface area contributed by atoms with Crippen LogP contribution in [0.4, 0.5) is 0 Å². The van der Waals surface area contributed by atoms with Crippen LogP contribution in [0.1, 0.15) is 33.9 Å². The van der Waals surface area contributed by atoms with Crippen molar-refractivity contribution in [1.29, 1.82) is 0 Å². The van der Waals surface area contributed by atoms with E-state index in [9.17, 15) is 0 Å². The fourth-order valence-corrected chi connectivity index (χ4v) is 3.24. The second kappa shape index (κ2) is 9.11. The van der Waals surface area contributed by atoms with E-state index in [1.807, 2.05) is 54.6 Å². The Balaban J connectivity index is 1.80. The lowest BCUT2D eigenvalue weighted by atomic mass is 9.99. The molecular weight excluding hydrogens is 348 g/mol. The molecule has 0 aromatic heterocycles. The van der Waals surface area contributed by atoms with Gasteiger partial charge in [-0.05, 0) is 47.0 Å². The minimum Gasteiger partial charge on any atom is -0.471 e. The molecule has 0 N–H and O–H groups in total. The van der Waals surface area contributed by atoms with Crippen LogP contribution in [-0.2, 0) is 11.2 Å². The number of benzene rings is 3. The van der Waals surface area contributed by atoms with Crippen LogP contribution in [0.5, 0.6) is 0 Å². The van der Waals surface area contributed by atoms with Crippen LogP contribution in [-0.4, -0.2) is 5.05 Å². The van der Waals surface area contributed by atoms with Crippen LogP contribution in [0.2, 0.25) is 0 Å². The van der Waals surface area contributed by atoms with E-state index in [2.05, 4.69) is 43.5 Å². The molecule has 1 unspecified atom stereocenters. The molecule has 3 rings (SSSR count). The summed E-state index contributed by atoms with van der Waals surface area (Å²) in [5, 5.41) is 0.488. The van der Waals surface area contributed by atoms with E-state index in [1.165, 1.54) is 5.56 Å². The summed E-state index contributed by atoms with van der Waals surface area (Å²) in [6.45, 7) is 7.70. The van der Waals surface area contributed by atoms with Crippen molar-refractivity contribution >= 4 is 23.3 Å². The van der Waals surface area contributed by atoms with Gasteiger partial charge >= 0.3 is 0 Å². The van der Waals surface area contributed by atoms with Gasteiger partial charge in [0, 0.05) is 5.56 Å². The third-order valence-electron chi connectivity index (χ3n) is 4.42. The highest BCUT2D eigenvalue weighted by molar-refractivity contribution is 7.80. The molecule has 3 aromatic rings. The Bertz CT molecular complexity index is 926. The predicted octanol–water partition coefficient (Wildman–Crippen LogP) is 6.54. The lowest BCUT2D eigenvalue weighted by molar-refractivity contribution is 0.250. The largest absolute Gasteiger partial charge is 0.471 e. The van der Waals surface area contributed by atoms with Gasteiger partial charge in [-0.2, -0.15) is 0 Å². The third-order valence-corrected chi connectivity index (χ3v) is 4.74. The zero-order chi connectivity index (χ0) is 19.1. The summed E-state index contributed by atoms with van der Waals surface area (Å²) >= 11 is 5.62. The van der Waals surface area contributed by atoms with Gasteiger partial charge in [-0.3, -0.25) is 0 Å². The van der Waals surface area contributed by atoms with Crippen LogP contribution >= 0.6 is 12.2 Å². The summed E-state index contributed by atoms with van der Waals surface area (Å²) < 4.78 is 6.09. The van der Waals surface area contributed by atoms with Crippen LogP contribution < -0.4 is 0 Å². The summed E-state index contributed by atoms with van der Waals surface area (Å²) in [6.07, 6.45) is 4.15. The summed E-state index contributed by atoms with van der Waals surface area (Å²) in [7, 11) is 0. The molecule has 0 amide bonds. The van der Waals surface area contributed by atoms with Gasteiger partial charge in [-0.25, -0.2) is 0 Å². The van der Waals surface area contributed by atoms with Crippen LogP contribution in [0.15, 0.2) is 98.1 Å². The van der Waals surface area contributed by atoms with Crippen molar-refractivity contribution in [2.75, 3.05) is 0 Å². The molecule has 2 heteroatoms. The van der Waals surface area contributed by atoms with Gasteiger partial charge < -0.3 is 4.74 Å². The molecule has 0 bridgehead atoms. The normalized spacial score (nSPS) is 11.4. The monoisotopic (exact) mass is 370 g/mol. The van der Waals surface area contributed by atoms with Crippen molar-refractivity contribution < 1.29 is 4.74 Å².